The Morgan fingerprint density at radius 1 is 1.38 bits per heavy atom. The SMILES string of the molecule is C=C1C(=O)[C@](C)(C(=O)OC)[C@H](CCc2cccc(NC(C)=O)c2)O[C@@H]1C. The zero-order chi connectivity index (χ0) is 19.5. The van der Waals surface area contributed by atoms with Gasteiger partial charge in [-0.3, -0.25) is 14.4 Å². The van der Waals surface area contributed by atoms with Crippen LogP contribution in [0.1, 0.15) is 32.8 Å². The molecule has 0 bridgehead atoms. The molecule has 26 heavy (non-hydrogen) atoms. The second-order valence-electron chi connectivity index (χ2n) is 6.74. The van der Waals surface area contributed by atoms with Crippen molar-refractivity contribution in [2.24, 2.45) is 5.41 Å². The highest BCUT2D eigenvalue weighted by Gasteiger charge is 2.54. The number of hydrogen-bond acceptors (Lipinski definition) is 5. The first-order valence-electron chi connectivity index (χ1n) is 8.54. The number of benzene rings is 1. The summed E-state index contributed by atoms with van der Waals surface area (Å²) < 4.78 is 10.8. The summed E-state index contributed by atoms with van der Waals surface area (Å²) in [7, 11) is 1.26. The van der Waals surface area contributed by atoms with Crippen molar-refractivity contribution in [1.29, 1.82) is 0 Å². The van der Waals surface area contributed by atoms with E-state index in [0.29, 0.717) is 18.5 Å². The molecule has 1 aliphatic rings. The quantitative estimate of drug-likeness (QED) is 0.497. The highest BCUT2D eigenvalue weighted by Crippen LogP contribution is 2.39. The number of carbonyl (C=O) groups excluding carboxylic acids is 3. The molecule has 140 valence electrons. The number of amides is 1. The van der Waals surface area contributed by atoms with E-state index in [0.717, 1.165) is 5.56 Å². The van der Waals surface area contributed by atoms with Crippen LogP contribution >= 0.6 is 0 Å². The molecular weight excluding hydrogens is 334 g/mol. The van der Waals surface area contributed by atoms with E-state index in [1.54, 1.807) is 19.9 Å². The Morgan fingerprint density at radius 2 is 2.08 bits per heavy atom. The number of methoxy groups -OCH3 is 1. The topological polar surface area (TPSA) is 81.7 Å². The summed E-state index contributed by atoms with van der Waals surface area (Å²) in [6.45, 7) is 8.51. The lowest BCUT2D eigenvalue weighted by Gasteiger charge is -2.41. The maximum atomic E-state index is 12.7. The number of ether oxygens (including phenoxy) is 2. The molecule has 0 radical (unpaired) electrons. The maximum absolute atomic E-state index is 12.7. The van der Waals surface area contributed by atoms with Crippen LogP contribution in [0.2, 0.25) is 0 Å². The number of rotatable bonds is 5. The van der Waals surface area contributed by atoms with Gasteiger partial charge in [0.2, 0.25) is 5.91 Å². The van der Waals surface area contributed by atoms with Crippen molar-refractivity contribution in [2.45, 2.75) is 45.8 Å². The molecule has 1 aromatic rings. The number of Topliss-reactive ketones (excluding diaryl/α,β-unsaturated/α-hetero) is 1. The van der Waals surface area contributed by atoms with E-state index in [1.165, 1.54) is 14.0 Å². The second kappa shape index (κ2) is 7.83. The molecule has 2 rings (SSSR count). The highest BCUT2D eigenvalue weighted by molar-refractivity contribution is 6.13. The summed E-state index contributed by atoms with van der Waals surface area (Å²) in [5.41, 5.74) is 0.541. The van der Waals surface area contributed by atoms with Gasteiger partial charge in [0, 0.05) is 18.2 Å². The minimum absolute atomic E-state index is 0.144. The van der Waals surface area contributed by atoms with Gasteiger partial charge in [-0.25, -0.2) is 0 Å². The van der Waals surface area contributed by atoms with Gasteiger partial charge in [0.05, 0.1) is 19.3 Å². The van der Waals surface area contributed by atoms with E-state index in [4.69, 9.17) is 9.47 Å². The average molecular weight is 359 g/mol. The van der Waals surface area contributed by atoms with E-state index in [2.05, 4.69) is 11.9 Å². The van der Waals surface area contributed by atoms with E-state index in [9.17, 15) is 14.4 Å². The number of ketones is 1. The average Bonchev–Trinajstić information content (AvgIpc) is 2.60. The van der Waals surface area contributed by atoms with Crippen LogP contribution in [0.4, 0.5) is 5.69 Å². The molecule has 6 heteroatoms. The lowest BCUT2D eigenvalue weighted by Crippen LogP contribution is -2.55. The van der Waals surface area contributed by atoms with Gasteiger partial charge in [-0.05, 0) is 44.4 Å². The number of nitrogens with one attached hydrogen (secondary N) is 1. The third kappa shape index (κ3) is 3.85. The number of anilines is 1. The number of carbonyl (C=O) groups is 3. The molecule has 1 aromatic carbocycles. The smallest absolute Gasteiger partial charge is 0.322 e. The first-order valence-corrected chi connectivity index (χ1v) is 8.54. The van der Waals surface area contributed by atoms with Crippen molar-refractivity contribution in [3.63, 3.8) is 0 Å². The van der Waals surface area contributed by atoms with Gasteiger partial charge >= 0.3 is 5.97 Å². The molecule has 1 amide bonds. The number of hydrogen-bond donors (Lipinski definition) is 1. The first-order chi connectivity index (χ1) is 12.2. The van der Waals surface area contributed by atoms with Crippen molar-refractivity contribution >= 4 is 23.3 Å². The highest BCUT2D eigenvalue weighted by atomic mass is 16.5. The van der Waals surface area contributed by atoms with Crippen molar-refractivity contribution in [2.75, 3.05) is 12.4 Å². The fraction of sp³-hybridized carbons (Fsp3) is 0.450. The van der Waals surface area contributed by atoms with Gasteiger partial charge < -0.3 is 14.8 Å². The van der Waals surface area contributed by atoms with Gasteiger partial charge in [-0.1, -0.05) is 18.7 Å². The summed E-state index contributed by atoms with van der Waals surface area (Å²) >= 11 is 0. The largest absolute Gasteiger partial charge is 0.468 e. The fourth-order valence-electron chi connectivity index (χ4n) is 3.23. The zero-order valence-corrected chi connectivity index (χ0v) is 15.6. The van der Waals surface area contributed by atoms with E-state index < -0.39 is 23.6 Å². The van der Waals surface area contributed by atoms with Crippen LogP contribution in [0.15, 0.2) is 36.4 Å². The van der Waals surface area contributed by atoms with Crippen molar-refractivity contribution in [3.8, 4) is 0 Å². The molecule has 0 unspecified atom stereocenters. The molecule has 0 spiro atoms. The molecule has 0 saturated carbocycles. The van der Waals surface area contributed by atoms with Crippen LogP contribution in [-0.4, -0.2) is 37.0 Å². The fourth-order valence-corrected chi connectivity index (χ4v) is 3.23. The van der Waals surface area contributed by atoms with Gasteiger partial charge in [0.15, 0.2) is 11.2 Å². The summed E-state index contributed by atoms with van der Waals surface area (Å²) in [6, 6.07) is 7.44. The maximum Gasteiger partial charge on any atom is 0.322 e. The third-order valence-electron chi connectivity index (χ3n) is 4.82. The van der Waals surface area contributed by atoms with Crippen molar-refractivity contribution < 1.29 is 23.9 Å². The van der Waals surface area contributed by atoms with Gasteiger partial charge in [-0.15, -0.1) is 0 Å². The van der Waals surface area contributed by atoms with Crippen LogP contribution in [-0.2, 0) is 30.3 Å². The predicted octanol–water partition coefficient (Wildman–Crippen LogP) is 2.67. The molecule has 1 saturated heterocycles. The van der Waals surface area contributed by atoms with E-state index >= 15 is 0 Å². The number of esters is 1. The van der Waals surface area contributed by atoms with Gasteiger partial charge in [0.1, 0.15) is 0 Å². The van der Waals surface area contributed by atoms with Crippen LogP contribution in [0, 0.1) is 5.41 Å². The lowest BCUT2D eigenvalue weighted by molar-refractivity contribution is -0.175. The molecule has 3 atom stereocenters. The van der Waals surface area contributed by atoms with Crippen LogP contribution in [0.25, 0.3) is 0 Å². The Morgan fingerprint density at radius 3 is 2.69 bits per heavy atom. The minimum Gasteiger partial charge on any atom is -0.468 e. The van der Waals surface area contributed by atoms with Crippen molar-refractivity contribution in [3.05, 3.63) is 42.0 Å². The van der Waals surface area contributed by atoms with Crippen LogP contribution in [0.5, 0.6) is 0 Å². The van der Waals surface area contributed by atoms with Crippen LogP contribution < -0.4 is 5.32 Å². The predicted molar refractivity (Wildman–Crippen MR) is 97.7 cm³/mol. The van der Waals surface area contributed by atoms with E-state index in [1.807, 2.05) is 18.2 Å². The first kappa shape index (κ1) is 19.8. The Balaban J connectivity index is 2.20. The molecule has 0 aromatic heterocycles. The Hall–Kier alpha value is -2.47. The van der Waals surface area contributed by atoms with E-state index in [-0.39, 0.29) is 17.3 Å². The molecule has 0 aliphatic carbocycles. The Bertz CT molecular complexity index is 741. The van der Waals surface area contributed by atoms with Gasteiger partial charge in [-0.2, -0.15) is 0 Å². The van der Waals surface area contributed by atoms with Crippen molar-refractivity contribution in [1.82, 2.24) is 0 Å². The summed E-state index contributed by atoms with van der Waals surface area (Å²) in [6.07, 6.45) is -0.0290. The minimum atomic E-state index is -1.41. The molecule has 1 N–H and O–H groups in total. The molecule has 1 fully saturated rings. The number of aryl methyl sites for hydroxylation is 1. The molecule has 1 aliphatic heterocycles. The summed E-state index contributed by atoms with van der Waals surface area (Å²) in [5, 5.41) is 2.74. The summed E-state index contributed by atoms with van der Waals surface area (Å²) in [5.74, 6) is -1.10. The zero-order valence-electron chi connectivity index (χ0n) is 15.6. The standard InChI is InChI=1S/C20H25NO5/c1-12-13(2)26-17(20(4,18(12)23)19(24)25-5)10-9-15-7-6-8-16(11-15)21-14(3)22/h6-8,11,13,17H,1,9-10H2,2-5H3,(H,21,22)/t13-,17+,20-/m1/s1. The lowest BCUT2D eigenvalue weighted by atomic mass is 9.72. The molecule has 1 heterocycles. The normalized spacial score (nSPS) is 25.7. The third-order valence-corrected chi connectivity index (χ3v) is 4.82. The second-order valence-corrected chi connectivity index (χ2v) is 6.74. The summed E-state index contributed by atoms with van der Waals surface area (Å²) in [4.78, 5) is 36.3. The monoisotopic (exact) mass is 359 g/mol. The van der Waals surface area contributed by atoms with Gasteiger partial charge in [0.25, 0.3) is 0 Å². The Kier molecular flexibility index (Phi) is 5.97. The molecule has 6 nitrogen and oxygen atoms in total. The molecular formula is C20H25NO5. The Labute approximate surface area is 153 Å². The van der Waals surface area contributed by atoms with Crippen LogP contribution in [0.3, 0.4) is 0 Å².